The maximum atomic E-state index is 13.2. The lowest BCUT2D eigenvalue weighted by molar-refractivity contribution is 0.429. The average molecular weight is 351 g/mol. The van der Waals surface area contributed by atoms with Crippen molar-refractivity contribution in [2.24, 2.45) is 0 Å². The second-order valence-corrected chi connectivity index (χ2v) is 6.06. The maximum absolute atomic E-state index is 13.2. The molecule has 0 aliphatic rings. The first kappa shape index (κ1) is 13.7. The number of anilines is 2. The number of nitrogens with two attached hydrogens (primary N) is 1. The molecule has 0 unspecified atom stereocenters. The summed E-state index contributed by atoms with van der Waals surface area (Å²) in [6.07, 6.45) is 0. The van der Waals surface area contributed by atoms with Crippen molar-refractivity contribution in [3.63, 3.8) is 0 Å². The number of hydrogen-bond acceptors (Lipinski definition) is 6. The van der Waals surface area contributed by atoms with E-state index >= 15 is 0 Å². The predicted octanol–water partition coefficient (Wildman–Crippen LogP) is 1.66. The first-order valence-corrected chi connectivity index (χ1v) is 7.15. The molecule has 3 N–H and O–H groups in total. The molecule has 2 rings (SSSR count). The third-order valence-electron chi connectivity index (χ3n) is 2.09. The summed E-state index contributed by atoms with van der Waals surface area (Å²) in [6, 6.07) is 1.67. The molecule has 2 aromatic rings. The van der Waals surface area contributed by atoms with Crippen molar-refractivity contribution in [2.75, 3.05) is 10.5 Å². The Hall–Kier alpha value is -1.68. The zero-order valence-corrected chi connectivity index (χ0v) is 11.9. The summed E-state index contributed by atoms with van der Waals surface area (Å²) in [4.78, 5) is 3.47. The van der Waals surface area contributed by atoms with Gasteiger partial charge in [0.15, 0.2) is 5.82 Å². The molecule has 10 heteroatoms. The molecule has 19 heavy (non-hydrogen) atoms. The first-order valence-electron chi connectivity index (χ1n) is 4.87. The minimum atomic E-state index is -4.01. The SMILES string of the molecule is Cc1noc(NS(=O)(=O)c2cc(N)c(F)cc2Br)n1. The number of aromatic nitrogens is 2. The van der Waals surface area contributed by atoms with E-state index in [9.17, 15) is 12.8 Å². The van der Waals surface area contributed by atoms with Crippen LogP contribution in [0.5, 0.6) is 0 Å². The predicted molar refractivity (Wildman–Crippen MR) is 68.4 cm³/mol. The summed E-state index contributed by atoms with van der Waals surface area (Å²) in [6.45, 7) is 1.53. The summed E-state index contributed by atoms with van der Waals surface area (Å²) < 4.78 is 44.0. The first-order chi connectivity index (χ1) is 8.79. The molecule has 1 aromatic carbocycles. The van der Waals surface area contributed by atoms with E-state index in [1.54, 1.807) is 0 Å². The average Bonchev–Trinajstić information content (AvgIpc) is 2.68. The van der Waals surface area contributed by atoms with E-state index in [0.29, 0.717) is 0 Å². The fourth-order valence-electron chi connectivity index (χ4n) is 1.26. The third kappa shape index (κ3) is 2.84. The summed E-state index contributed by atoms with van der Waals surface area (Å²) in [5, 5.41) is 3.44. The second-order valence-electron chi connectivity index (χ2n) is 3.56. The Balaban J connectivity index is 2.42. The minimum Gasteiger partial charge on any atom is -0.396 e. The molecule has 1 heterocycles. The van der Waals surface area contributed by atoms with Gasteiger partial charge in [0.05, 0.1) is 5.69 Å². The molecule has 0 bridgehead atoms. The van der Waals surface area contributed by atoms with Gasteiger partial charge in [-0.2, -0.15) is 4.98 Å². The van der Waals surface area contributed by atoms with E-state index in [-0.39, 0.29) is 26.9 Å². The quantitative estimate of drug-likeness (QED) is 0.814. The Morgan fingerprint density at radius 1 is 1.47 bits per heavy atom. The Kier molecular flexibility index (Phi) is 3.45. The van der Waals surface area contributed by atoms with Crippen LogP contribution in [-0.4, -0.2) is 18.6 Å². The number of benzene rings is 1. The van der Waals surface area contributed by atoms with Crippen LogP contribution < -0.4 is 10.5 Å². The standard InChI is InChI=1S/C9H8BrFN4O3S/c1-4-13-9(18-14-4)15-19(16,17)8-3-7(12)6(11)2-5(8)10/h2-3H,12H2,1H3,(H,13,14,15). The number of aryl methyl sites for hydroxylation is 1. The van der Waals surface area contributed by atoms with Gasteiger partial charge in [0.1, 0.15) is 10.7 Å². The van der Waals surface area contributed by atoms with Crippen LogP contribution in [0.3, 0.4) is 0 Å². The van der Waals surface area contributed by atoms with Crippen LogP contribution in [0.2, 0.25) is 0 Å². The van der Waals surface area contributed by atoms with Crippen molar-refractivity contribution >= 4 is 37.7 Å². The number of halogens is 2. The van der Waals surface area contributed by atoms with Crippen LogP contribution in [-0.2, 0) is 10.0 Å². The van der Waals surface area contributed by atoms with Crippen molar-refractivity contribution < 1.29 is 17.3 Å². The van der Waals surface area contributed by atoms with Crippen molar-refractivity contribution in [1.29, 1.82) is 0 Å². The number of nitrogens with one attached hydrogen (secondary N) is 1. The number of nitrogen functional groups attached to an aromatic ring is 1. The molecule has 7 nitrogen and oxygen atoms in total. The molecule has 0 fully saturated rings. The molecule has 0 aliphatic carbocycles. The number of sulfonamides is 1. The fraction of sp³-hybridized carbons (Fsp3) is 0.111. The van der Waals surface area contributed by atoms with Gasteiger partial charge >= 0.3 is 6.01 Å². The molecule has 0 aliphatic heterocycles. The van der Waals surface area contributed by atoms with Gasteiger partial charge in [-0.05, 0) is 35.0 Å². The van der Waals surface area contributed by atoms with E-state index < -0.39 is 15.8 Å². The molecule has 0 saturated carbocycles. The van der Waals surface area contributed by atoms with Gasteiger partial charge in [-0.3, -0.25) is 0 Å². The molecule has 1 aromatic heterocycles. The Morgan fingerprint density at radius 3 is 2.74 bits per heavy atom. The lowest BCUT2D eigenvalue weighted by atomic mass is 10.3. The van der Waals surface area contributed by atoms with Crippen LogP contribution in [0.4, 0.5) is 16.1 Å². The highest BCUT2D eigenvalue weighted by molar-refractivity contribution is 9.10. The monoisotopic (exact) mass is 350 g/mol. The van der Waals surface area contributed by atoms with Gasteiger partial charge in [0.25, 0.3) is 10.0 Å². The normalized spacial score (nSPS) is 11.5. The van der Waals surface area contributed by atoms with Crippen molar-refractivity contribution in [3.05, 3.63) is 28.2 Å². The summed E-state index contributed by atoms with van der Waals surface area (Å²) in [7, 11) is -4.01. The van der Waals surface area contributed by atoms with Crippen LogP contribution in [0.1, 0.15) is 5.82 Å². The van der Waals surface area contributed by atoms with Crippen LogP contribution >= 0.6 is 15.9 Å². The number of rotatable bonds is 3. The molecule has 0 atom stereocenters. The summed E-state index contributed by atoms with van der Waals surface area (Å²) in [5.41, 5.74) is 5.06. The van der Waals surface area contributed by atoms with E-state index in [1.807, 2.05) is 0 Å². The topological polar surface area (TPSA) is 111 Å². The maximum Gasteiger partial charge on any atom is 0.335 e. The number of hydrogen-bond donors (Lipinski definition) is 2. The van der Waals surface area contributed by atoms with Crippen molar-refractivity contribution in [1.82, 2.24) is 10.1 Å². The summed E-state index contributed by atoms with van der Waals surface area (Å²) in [5.74, 6) is -0.449. The fourth-order valence-corrected chi connectivity index (χ4v) is 3.23. The van der Waals surface area contributed by atoms with E-state index in [4.69, 9.17) is 5.73 Å². The molecule has 0 saturated heterocycles. The summed E-state index contributed by atoms with van der Waals surface area (Å²) >= 11 is 2.95. The lowest BCUT2D eigenvalue weighted by Crippen LogP contribution is -2.14. The van der Waals surface area contributed by atoms with Crippen LogP contribution in [0, 0.1) is 12.7 Å². The molecule has 0 radical (unpaired) electrons. The Labute approximate surface area is 116 Å². The van der Waals surface area contributed by atoms with E-state index in [0.717, 1.165) is 12.1 Å². The number of nitrogens with zero attached hydrogens (tertiary/aromatic N) is 2. The smallest absolute Gasteiger partial charge is 0.335 e. The van der Waals surface area contributed by atoms with Gasteiger partial charge in [-0.1, -0.05) is 5.16 Å². The molecule has 0 spiro atoms. The Morgan fingerprint density at radius 2 is 2.16 bits per heavy atom. The van der Waals surface area contributed by atoms with Gasteiger partial charge in [-0.15, -0.1) is 0 Å². The minimum absolute atomic E-state index is 0.0305. The van der Waals surface area contributed by atoms with E-state index in [1.165, 1.54) is 6.92 Å². The van der Waals surface area contributed by atoms with Gasteiger partial charge in [0.2, 0.25) is 0 Å². The zero-order valence-electron chi connectivity index (χ0n) is 9.52. The van der Waals surface area contributed by atoms with Crippen molar-refractivity contribution in [3.8, 4) is 0 Å². The van der Waals surface area contributed by atoms with E-state index in [2.05, 4.69) is 35.3 Å². The zero-order chi connectivity index (χ0) is 14.2. The lowest BCUT2D eigenvalue weighted by Gasteiger charge is -2.07. The molecular formula is C9H8BrFN4O3S. The molecule has 0 amide bonds. The highest BCUT2D eigenvalue weighted by Crippen LogP contribution is 2.27. The van der Waals surface area contributed by atoms with Crippen molar-refractivity contribution in [2.45, 2.75) is 11.8 Å². The highest BCUT2D eigenvalue weighted by Gasteiger charge is 2.22. The molecular weight excluding hydrogens is 343 g/mol. The van der Waals surface area contributed by atoms with Gasteiger partial charge in [0, 0.05) is 4.47 Å². The third-order valence-corrected chi connectivity index (χ3v) is 4.37. The van der Waals surface area contributed by atoms with Gasteiger partial charge < -0.3 is 10.3 Å². The van der Waals surface area contributed by atoms with Crippen LogP contribution in [0.15, 0.2) is 26.0 Å². The highest BCUT2D eigenvalue weighted by atomic mass is 79.9. The second kappa shape index (κ2) is 4.78. The largest absolute Gasteiger partial charge is 0.396 e. The van der Waals surface area contributed by atoms with Crippen LogP contribution in [0.25, 0.3) is 0 Å². The Bertz CT molecular complexity index is 731. The molecule has 102 valence electrons. The van der Waals surface area contributed by atoms with Gasteiger partial charge in [-0.25, -0.2) is 17.5 Å².